The average molecular weight is 364 g/mol. The fourth-order valence-electron chi connectivity index (χ4n) is 2.10. The van der Waals surface area contributed by atoms with Crippen molar-refractivity contribution in [1.82, 2.24) is 0 Å². The minimum atomic E-state index is -0.0716. The molecule has 22 heavy (non-hydrogen) atoms. The number of carbonyl (C=O) groups excluding carboxylic acids is 1. The van der Waals surface area contributed by atoms with Gasteiger partial charge in [0.2, 0.25) is 5.91 Å². The first-order chi connectivity index (χ1) is 10.5. The van der Waals surface area contributed by atoms with Gasteiger partial charge in [0.05, 0.1) is 20.6 Å². The zero-order valence-corrected chi connectivity index (χ0v) is 14.4. The highest BCUT2D eigenvalue weighted by molar-refractivity contribution is 9.10. The lowest BCUT2D eigenvalue weighted by atomic mass is 10.1. The van der Waals surface area contributed by atoms with Crippen LogP contribution in [0.1, 0.15) is 11.1 Å². The Morgan fingerprint density at radius 3 is 2.27 bits per heavy atom. The second-order valence-corrected chi connectivity index (χ2v) is 5.79. The number of carbonyl (C=O) groups is 1. The molecule has 1 N–H and O–H groups in total. The van der Waals surface area contributed by atoms with Crippen molar-refractivity contribution in [2.45, 2.75) is 13.3 Å². The Morgan fingerprint density at radius 2 is 1.68 bits per heavy atom. The third-order valence-corrected chi connectivity index (χ3v) is 3.81. The van der Waals surface area contributed by atoms with Gasteiger partial charge in [-0.2, -0.15) is 0 Å². The smallest absolute Gasteiger partial charge is 0.228 e. The number of rotatable bonds is 5. The van der Waals surface area contributed by atoms with Crippen molar-refractivity contribution in [2.24, 2.45) is 0 Å². The van der Waals surface area contributed by atoms with Gasteiger partial charge in [-0.1, -0.05) is 28.1 Å². The zero-order chi connectivity index (χ0) is 16.1. The number of anilines is 1. The van der Waals surface area contributed by atoms with Crippen molar-refractivity contribution in [2.75, 3.05) is 19.5 Å². The van der Waals surface area contributed by atoms with Crippen molar-refractivity contribution >= 4 is 27.5 Å². The summed E-state index contributed by atoms with van der Waals surface area (Å²) < 4.78 is 11.5. The number of amides is 1. The number of nitrogens with one attached hydrogen (secondary N) is 1. The van der Waals surface area contributed by atoms with Crippen LogP contribution in [0.4, 0.5) is 5.69 Å². The topological polar surface area (TPSA) is 47.6 Å². The van der Waals surface area contributed by atoms with Gasteiger partial charge in [-0.25, -0.2) is 0 Å². The number of hydrogen-bond donors (Lipinski definition) is 1. The maximum absolute atomic E-state index is 12.2. The molecule has 0 fully saturated rings. The monoisotopic (exact) mass is 363 g/mol. The molecule has 0 aliphatic carbocycles. The first kappa shape index (κ1) is 16.4. The molecule has 2 rings (SSSR count). The van der Waals surface area contributed by atoms with Gasteiger partial charge in [0.25, 0.3) is 0 Å². The molecule has 0 radical (unpaired) electrons. The van der Waals surface area contributed by atoms with Gasteiger partial charge in [-0.15, -0.1) is 0 Å². The highest BCUT2D eigenvalue weighted by Gasteiger charge is 2.11. The first-order valence-corrected chi connectivity index (χ1v) is 7.59. The van der Waals surface area contributed by atoms with Crippen molar-refractivity contribution in [3.63, 3.8) is 0 Å². The van der Waals surface area contributed by atoms with E-state index in [-0.39, 0.29) is 5.91 Å². The number of methoxy groups -OCH3 is 2. The molecule has 0 saturated carbocycles. The lowest BCUT2D eigenvalue weighted by Crippen LogP contribution is -2.15. The summed E-state index contributed by atoms with van der Waals surface area (Å²) in [5.74, 6) is 1.16. The highest BCUT2D eigenvalue weighted by atomic mass is 79.9. The van der Waals surface area contributed by atoms with Crippen molar-refractivity contribution < 1.29 is 14.3 Å². The van der Waals surface area contributed by atoms with Crippen LogP contribution in [0.3, 0.4) is 0 Å². The van der Waals surface area contributed by atoms with Crippen LogP contribution in [0.5, 0.6) is 11.5 Å². The average Bonchev–Trinajstić information content (AvgIpc) is 2.51. The molecule has 0 heterocycles. The molecule has 0 aliphatic heterocycles. The maximum atomic E-state index is 12.2. The Hall–Kier alpha value is -2.01. The molecule has 0 saturated heterocycles. The SMILES string of the molecule is COc1cc(C)c(NC(=O)Cc2ccc(Br)cc2)cc1OC. The molecule has 0 bridgehead atoms. The summed E-state index contributed by atoms with van der Waals surface area (Å²) in [5, 5.41) is 2.91. The fraction of sp³-hybridized carbons (Fsp3) is 0.235. The van der Waals surface area contributed by atoms with E-state index in [4.69, 9.17) is 9.47 Å². The fourth-order valence-corrected chi connectivity index (χ4v) is 2.36. The largest absolute Gasteiger partial charge is 0.493 e. The maximum Gasteiger partial charge on any atom is 0.228 e. The van der Waals surface area contributed by atoms with Gasteiger partial charge < -0.3 is 14.8 Å². The Bertz CT molecular complexity index is 668. The van der Waals surface area contributed by atoms with Gasteiger partial charge in [-0.3, -0.25) is 4.79 Å². The van der Waals surface area contributed by atoms with Crippen LogP contribution < -0.4 is 14.8 Å². The standard InChI is InChI=1S/C17H18BrNO3/c1-11-8-15(21-2)16(22-3)10-14(11)19-17(20)9-12-4-6-13(18)7-5-12/h4-8,10H,9H2,1-3H3,(H,19,20). The first-order valence-electron chi connectivity index (χ1n) is 6.80. The number of ether oxygens (including phenoxy) is 2. The summed E-state index contributed by atoms with van der Waals surface area (Å²) in [6.45, 7) is 1.91. The summed E-state index contributed by atoms with van der Waals surface area (Å²) in [6.07, 6.45) is 0.321. The molecule has 5 heteroatoms. The Balaban J connectivity index is 2.12. The van der Waals surface area contributed by atoms with E-state index in [9.17, 15) is 4.79 Å². The molecule has 4 nitrogen and oxygen atoms in total. The van der Waals surface area contributed by atoms with E-state index in [1.807, 2.05) is 37.3 Å². The molecular formula is C17H18BrNO3. The van der Waals surface area contributed by atoms with Crippen LogP contribution in [-0.4, -0.2) is 20.1 Å². The van der Waals surface area contributed by atoms with E-state index in [1.54, 1.807) is 20.3 Å². The normalized spacial score (nSPS) is 10.2. The summed E-state index contributed by atoms with van der Waals surface area (Å²) in [4.78, 5) is 12.2. The zero-order valence-electron chi connectivity index (χ0n) is 12.8. The van der Waals surface area contributed by atoms with Crippen LogP contribution in [0, 0.1) is 6.92 Å². The van der Waals surface area contributed by atoms with E-state index in [0.29, 0.717) is 17.9 Å². The van der Waals surface area contributed by atoms with E-state index >= 15 is 0 Å². The molecule has 116 valence electrons. The molecule has 2 aromatic rings. The highest BCUT2D eigenvalue weighted by Crippen LogP contribution is 2.32. The lowest BCUT2D eigenvalue weighted by molar-refractivity contribution is -0.115. The molecule has 2 aromatic carbocycles. The number of benzene rings is 2. The van der Waals surface area contributed by atoms with Crippen molar-refractivity contribution in [3.8, 4) is 11.5 Å². The van der Waals surface area contributed by atoms with Crippen LogP contribution in [-0.2, 0) is 11.2 Å². The van der Waals surface area contributed by atoms with Crippen molar-refractivity contribution in [3.05, 3.63) is 52.0 Å². The summed E-state index contributed by atoms with van der Waals surface area (Å²) >= 11 is 3.38. The van der Waals surface area contributed by atoms with Crippen LogP contribution in [0.15, 0.2) is 40.9 Å². The third kappa shape index (κ3) is 4.01. The molecule has 0 aromatic heterocycles. The predicted molar refractivity (Wildman–Crippen MR) is 90.8 cm³/mol. The molecule has 1 amide bonds. The summed E-state index contributed by atoms with van der Waals surface area (Å²) in [5.41, 5.74) is 2.60. The predicted octanol–water partition coefficient (Wildman–Crippen LogP) is 3.96. The summed E-state index contributed by atoms with van der Waals surface area (Å²) in [7, 11) is 3.16. The van der Waals surface area contributed by atoms with Gasteiger partial charge in [0.15, 0.2) is 11.5 Å². The molecular weight excluding hydrogens is 346 g/mol. The van der Waals surface area contributed by atoms with Crippen molar-refractivity contribution in [1.29, 1.82) is 0 Å². The van der Waals surface area contributed by atoms with Crippen LogP contribution in [0.25, 0.3) is 0 Å². The minimum absolute atomic E-state index is 0.0716. The number of halogens is 1. The second kappa shape index (κ2) is 7.31. The molecule has 0 atom stereocenters. The van der Waals surface area contributed by atoms with Gasteiger partial charge in [-0.05, 0) is 36.2 Å². The molecule has 0 unspecified atom stereocenters. The molecule has 0 spiro atoms. The van der Waals surface area contributed by atoms with Gasteiger partial charge in [0.1, 0.15) is 0 Å². The summed E-state index contributed by atoms with van der Waals surface area (Å²) in [6, 6.07) is 11.3. The Labute approximate surface area is 138 Å². The second-order valence-electron chi connectivity index (χ2n) is 4.87. The Morgan fingerprint density at radius 1 is 1.09 bits per heavy atom. The number of aryl methyl sites for hydroxylation is 1. The van der Waals surface area contributed by atoms with E-state index < -0.39 is 0 Å². The Kier molecular flexibility index (Phi) is 5.44. The molecule has 0 aliphatic rings. The van der Waals surface area contributed by atoms with E-state index in [2.05, 4.69) is 21.2 Å². The third-order valence-electron chi connectivity index (χ3n) is 3.28. The van der Waals surface area contributed by atoms with Crippen LogP contribution >= 0.6 is 15.9 Å². The van der Waals surface area contributed by atoms with E-state index in [0.717, 1.165) is 21.3 Å². The minimum Gasteiger partial charge on any atom is -0.493 e. The van der Waals surface area contributed by atoms with Gasteiger partial charge in [0, 0.05) is 16.2 Å². The van der Waals surface area contributed by atoms with E-state index in [1.165, 1.54) is 0 Å². The van der Waals surface area contributed by atoms with Gasteiger partial charge >= 0.3 is 0 Å². The quantitative estimate of drug-likeness (QED) is 0.874. The number of hydrogen-bond acceptors (Lipinski definition) is 3. The van der Waals surface area contributed by atoms with Crippen LogP contribution in [0.2, 0.25) is 0 Å². The lowest BCUT2D eigenvalue weighted by Gasteiger charge is -2.13.